The molecule has 0 unspecified atom stereocenters. The summed E-state index contributed by atoms with van der Waals surface area (Å²) in [5, 5.41) is 9.83. The maximum absolute atomic E-state index is 13.8. The van der Waals surface area contributed by atoms with Crippen molar-refractivity contribution >= 4 is 11.6 Å². The molecule has 7 heteroatoms. The highest BCUT2D eigenvalue weighted by Crippen LogP contribution is 2.38. The lowest BCUT2D eigenvalue weighted by Gasteiger charge is -2.08. The van der Waals surface area contributed by atoms with Gasteiger partial charge in [0, 0.05) is 5.56 Å². The quantitative estimate of drug-likeness (QED) is 0.766. The zero-order valence-corrected chi connectivity index (χ0v) is 13.3. The first-order valence-electron chi connectivity index (χ1n) is 7.64. The smallest absolute Gasteiger partial charge is 0.258 e. The first kappa shape index (κ1) is 15.2. The average molecular weight is 339 g/mol. The minimum absolute atomic E-state index is 0.0280. The molecule has 4 rings (SSSR count). The number of carbonyl (C=O) groups is 1. The highest BCUT2D eigenvalue weighted by molar-refractivity contribution is 6.06. The maximum Gasteiger partial charge on any atom is 0.258 e. The normalized spacial score (nSPS) is 12.2. The molecule has 3 aromatic rings. The Morgan fingerprint density at radius 2 is 2.00 bits per heavy atom. The summed E-state index contributed by atoms with van der Waals surface area (Å²) in [5.41, 5.74) is 2.42. The summed E-state index contributed by atoms with van der Waals surface area (Å²) in [7, 11) is 0. The lowest BCUT2D eigenvalue weighted by molar-refractivity contribution is 0.102. The standard InChI is InChI=1S/C18H14FN3O3/c1-10-16(20-18(23)12-4-2-3-5-13(12)19)17(22-21-10)11-6-7-14-15(8-11)25-9-24-14/h2-8H,9H2,1H3,(H,20,23)(H,21,22). The number of nitrogens with one attached hydrogen (secondary N) is 2. The van der Waals surface area contributed by atoms with Gasteiger partial charge in [0.1, 0.15) is 11.5 Å². The van der Waals surface area contributed by atoms with Crippen LogP contribution in [0, 0.1) is 12.7 Å². The minimum atomic E-state index is -0.578. The van der Waals surface area contributed by atoms with Gasteiger partial charge in [-0.3, -0.25) is 9.89 Å². The lowest BCUT2D eigenvalue weighted by atomic mass is 10.1. The number of benzene rings is 2. The van der Waals surface area contributed by atoms with E-state index in [1.807, 2.05) is 6.07 Å². The van der Waals surface area contributed by atoms with Gasteiger partial charge >= 0.3 is 0 Å². The van der Waals surface area contributed by atoms with Crippen LogP contribution in [-0.4, -0.2) is 22.9 Å². The molecule has 0 atom stereocenters. The van der Waals surface area contributed by atoms with Gasteiger partial charge in [0.05, 0.1) is 16.9 Å². The number of anilines is 1. The number of aromatic nitrogens is 2. The lowest BCUT2D eigenvalue weighted by Crippen LogP contribution is -2.14. The van der Waals surface area contributed by atoms with Gasteiger partial charge in [-0.1, -0.05) is 12.1 Å². The largest absolute Gasteiger partial charge is 0.454 e. The Morgan fingerprint density at radius 3 is 2.84 bits per heavy atom. The monoisotopic (exact) mass is 339 g/mol. The number of nitrogens with zero attached hydrogens (tertiary/aromatic N) is 1. The van der Waals surface area contributed by atoms with Crippen molar-refractivity contribution < 1.29 is 18.7 Å². The van der Waals surface area contributed by atoms with Crippen LogP contribution in [0.3, 0.4) is 0 Å². The molecule has 0 saturated carbocycles. The summed E-state index contributed by atoms with van der Waals surface area (Å²) in [6, 6.07) is 11.2. The Hall–Kier alpha value is -3.35. The first-order chi connectivity index (χ1) is 12.1. The summed E-state index contributed by atoms with van der Waals surface area (Å²) in [5.74, 6) is 0.160. The fraction of sp³-hybridized carbons (Fsp3) is 0.111. The van der Waals surface area contributed by atoms with Crippen molar-refractivity contribution in [2.45, 2.75) is 6.92 Å². The van der Waals surface area contributed by atoms with E-state index in [1.54, 1.807) is 25.1 Å². The number of carbonyl (C=O) groups excluding carboxylic acids is 1. The van der Waals surface area contributed by atoms with Crippen LogP contribution in [0.2, 0.25) is 0 Å². The number of halogens is 1. The van der Waals surface area contributed by atoms with Crippen molar-refractivity contribution in [3.63, 3.8) is 0 Å². The van der Waals surface area contributed by atoms with Gasteiger partial charge in [-0.2, -0.15) is 5.10 Å². The predicted molar refractivity (Wildman–Crippen MR) is 89.2 cm³/mol. The average Bonchev–Trinajstić information content (AvgIpc) is 3.22. The molecule has 0 aliphatic carbocycles. The summed E-state index contributed by atoms with van der Waals surface area (Å²) in [6.07, 6.45) is 0. The Balaban J connectivity index is 1.69. The second-order valence-electron chi connectivity index (χ2n) is 5.57. The summed E-state index contributed by atoms with van der Waals surface area (Å²) in [4.78, 5) is 12.4. The van der Waals surface area contributed by atoms with Gasteiger partial charge in [-0.25, -0.2) is 4.39 Å². The molecule has 1 aromatic heterocycles. The van der Waals surface area contributed by atoms with Crippen molar-refractivity contribution in [3.05, 3.63) is 59.5 Å². The number of aryl methyl sites for hydroxylation is 1. The zero-order chi connectivity index (χ0) is 17.4. The molecule has 0 bridgehead atoms. The number of ether oxygens (including phenoxy) is 2. The Morgan fingerprint density at radius 1 is 1.20 bits per heavy atom. The van der Waals surface area contributed by atoms with Crippen molar-refractivity contribution in [1.82, 2.24) is 10.2 Å². The number of H-pyrrole nitrogens is 1. The van der Waals surface area contributed by atoms with Gasteiger partial charge in [0.15, 0.2) is 11.5 Å². The summed E-state index contributed by atoms with van der Waals surface area (Å²) < 4.78 is 24.5. The molecule has 0 spiro atoms. The minimum Gasteiger partial charge on any atom is -0.454 e. The van der Waals surface area contributed by atoms with E-state index < -0.39 is 11.7 Å². The third-order valence-corrected chi connectivity index (χ3v) is 3.95. The number of rotatable bonds is 3. The van der Waals surface area contributed by atoms with E-state index in [9.17, 15) is 9.18 Å². The molecular formula is C18H14FN3O3. The number of hydrogen-bond acceptors (Lipinski definition) is 4. The number of amides is 1. The Bertz CT molecular complexity index is 968. The van der Waals surface area contributed by atoms with Crippen LogP contribution in [0.1, 0.15) is 16.1 Å². The molecule has 2 aromatic carbocycles. The van der Waals surface area contributed by atoms with E-state index in [0.29, 0.717) is 28.6 Å². The summed E-state index contributed by atoms with van der Waals surface area (Å²) in [6.45, 7) is 1.95. The van der Waals surface area contributed by atoms with Crippen LogP contribution < -0.4 is 14.8 Å². The topological polar surface area (TPSA) is 76.2 Å². The van der Waals surface area contributed by atoms with Crippen LogP contribution in [0.5, 0.6) is 11.5 Å². The van der Waals surface area contributed by atoms with Crippen molar-refractivity contribution in [2.24, 2.45) is 0 Å². The molecule has 2 N–H and O–H groups in total. The zero-order valence-electron chi connectivity index (χ0n) is 13.3. The third-order valence-electron chi connectivity index (χ3n) is 3.95. The van der Waals surface area contributed by atoms with Crippen molar-refractivity contribution in [3.8, 4) is 22.8 Å². The Kier molecular flexibility index (Phi) is 3.61. The molecule has 2 heterocycles. The molecule has 0 saturated heterocycles. The Labute approximate surface area is 142 Å². The second-order valence-corrected chi connectivity index (χ2v) is 5.57. The molecular weight excluding hydrogens is 325 g/mol. The highest BCUT2D eigenvalue weighted by Gasteiger charge is 2.20. The van der Waals surface area contributed by atoms with Gasteiger partial charge in [-0.05, 0) is 37.3 Å². The van der Waals surface area contributed by atoms with Crippen LogP contribution in [0.4, 0.5) is 10.1 Å². The van der Waals surface area contributed by atoms with Gasteiger partial charge in [0.2, 0.25) is 6.79 Å². The van der Waals surface area contributed by atoms with Crippen LogP contribution in [-0.2, 0) is 0 Å². The molecule has 0 fully saturated rings. The van der Waals surface area contributed by atoms with Crippen molar-refractivity contribution in [2.75, 3.05) is 12.1 Å². The molecule has 6 nitrogen and oxygen atoms in total. The number of hydrogen-bond donors (Lipinski definition) is 2. The van der Waals surface area contributed by atoms with Gasteiger partial charge in [0.25, 0.3) is 5.91 Å². The van der Waals surface area contributed by atoms with Gasteiger partial charge < -0.3 is 14.8 Å². The maximum atomic E-state index is 13.8. The SMILES string of the molecule is Cc1[nH]nc(-c2ccc3c(c2)OCO3)c1NC(=O)c1ccccc1F. The highest BCUT2D eigenvalue weighted by atomic mass is 19.1. The number of aromatic amines is 1. The van der Waals surface area contributed by atoms with Crippen LogP contribution in [0.15, 0.2) is 42.5 Å². The molecule has 25 heavy (non-hydrogen) atoms. The predicted octanol–water partition coefficient (Wildman–Crippen LogP) is 3.51. The number of fused-ring (bicyclic) bond motifs is 1. The fourth-order valence-corrected chi connectivity index (χ4v) is 2.66. The fourth-order valence-electron chi connectivity index (χ4n) is 2.66. The van der Waals surface area contributed by atoms with E-state index in [2.05, 4.69) is 15.5 Å². The molecule has 126 valence electrons. The second kappa shape index (κ2) is 5.94. The van der Waals surface area contributed by atoms with E-state index in [4.69, 9.17) is 9.47 Å². The van der Waals surface area contributed by atoms with Crippen LogP contribution in [0.25, 0.3) is 11.3 Å². The summed E-state index contributed by atoms with van der Waals surface area (Å²) >= 11 is 0. The van der Waals surface area contributed by atoms with Crippen molar-refractivity contribution in [1.29, 1.82) is 0 Å². The third kappa shape index (κ3) is 2.69. The molecule has 1 amide bonds. The first-order valence-corrected chi connectivity index (χ1v) is 7.64. The van der Waals surface area contributed by atoms with E-state index in [0.717, 1.165) is 5.56 Å². The van der Waals surface area contributed by atoms with Crippen LogP contribution >= 0.6 is 0 Å². The van der Waals surface area contributed by atoms with E-state index in [1.165, 1.54) is 18.2 Å². The van der Waals surface area contributed by atoms with Gasteiger partial charge in [-0.15, -0.1) is 0 Å². The molecule has 0 radical (unpaired) electrons. The molecule has 1 aliphatic heterocycles. The van der Waals surface area contributed by atoms with E-state index in [-0.39, 0.29) is 12.4 Å². The molecule has 1 aliphatic rings. The van der Waals surface area contributed by atoms with E-state index >= 15 is 0 Å².